The Kier molecular flexibility index (Phi) is 4.88. The molecule has 0 aliphatic carbocycles. The lowest BCUT2D eigenvalue weighted by atomic mass is 10.1. The highest BCUT2D eigenvalue weighted by molar-refractivity contribution is 6.03. The Morgan fingerprint density at radius 2 is 1.86 bits per heavy atom. The minimum atomic E-state index is -0.253. The van der Waals surface area contributed by atoms with Crippen molar-refractivity contribution < 1.29 is 9.59 Å². The highest BCUT2D eigenvalue weighted by Gasteiger charge is 2.10. The Labute approximate surface area is 129 Å². The maximum absolute atomic E-state index is 12.2. The van der Waals surface area contributed by atoms with Gasteiger partial charge in [-0.05, 0) is 49.7 Å². The van der Waals surface area contributed by atoms with Crippen molar-refractivity contribution in [2.24, 2.45) is 0 Å². The van der Waals surface area contributed by atoms with Gasteiger partial charge in [-0.2, -0.15) is 0 Å². The van der Waals surface area contributed by atoms with E-state index in [0.717, 1.165) is 16.9 Å². The van der Waals surface area contributed by atoms with Crippen molar-refractivity contribution >= 4 is 23.2 Å². The quantitative estimate of drug-likeness (QED) is 0.909. The number of aryl methyl sites for hydroxylation is 2. The summed E-state index contributed by atoms with van der Waals surface area (Å²) in [6.45, 7) is 5.51. The first-order valence-electron chi connectivity index (χ1n) is 7.15. The van der Waals surface area contributed by atoms with Gasteiger partial charge in [0, 0.05) is 23.5 Å². The lowest BCUT2D eigenvalue weighted by Gasteiger charge is -2.11. The van der Waals surface area contributed by atoms with Gasteiger partial charge in [-0.15, -0.1) is 0 Å². The van der Waals surface area contributed by atoms with Gasteiger partial charge in [0.1, 0.15) is 5.69 Å². The Hall–Kier alpha value is -2.69. The number of rotatable bonds is 4. The average molecular weight is 297 g/mol. The SMILES string of the molecule is CCC(=O)Nc1ccc(NC(=O)c2cccc(C)n2)c(C)c1. The molecular weight excluding hydrogens is 278 g/mol. The van der Waals surface area contributed by atoms with E-state index in [1.165, 1.54) is 0 Å². The van der Waals surface area contributed by atoms with E-state index in [9.17, 15) is 9.59 Å². The summed E-state index contributed by atoms with van der Waals surface area (Å²) in [6, 6.07) is 10.7. The number of aromatic nitrogens is 1. The van der Waals surface area contributed by atoms with Crippen LogP contribution < -0.4 is 10.6 Å². The first kappa shape index (κ1) is 15.7. The Morgan fingerprint density at radius 3 is 2.50 bits per heavy atom. The second kappa shape index (κ2) is 6.85. The molecule has 2 N–H and O–H groups in total. The van der Waals surface area contributed by atoms with Gasteiger partial charge >= 0.3 is 0 Å². The predicted molar refractivity (Wildman–Crippen MR) is 87.0 cm³/mol. The second-order valence-corrected chi connectivity index (χ2v) is 5.05. The maximum Gasteiger partial charge on any atom is 0.274 e. The van der Waals surface area contributed by atoms with Crippen molar-refractivity contribution in [2.75, 3.05) is 10.6 Å². The molecule has 0 fully saturated rings. The molecule has 0 atom stereocenters. The van der Waals surface area contributed by atoms with Crippen molar-refractivity contribution in [3.8, 4) is 0 Å². The van der Waals surface area contributed by atoms with E-state index in [0.29, 0.717) is 17.8 Å². The molecule has 0 aliphatic rings. The van der Waals surface area contributed by atoms with Crippen LogP contribution in [0.4, 0.5) is 11.4 Å². The highest BCUT2D eigenvalue weighted by atomic mass is 16.2. The van der Waals surface area contributed by atoms with Crippen molar-refractivity contribution in [3.63, 3.8) is 0 Å². The normalized spacial score (nSPS) is 10.1. The minimum absolute atomic E-state index is 0.0415. The van der Waals surface area contributed by atoms with Crippen LogP contribution in [-0.4, -0.2) is 16.8 Å². The molecule has 0 unspecified atom stereocenters. The number of carbonyl (C=O) groups excluding carboxylic acids is 2. The van der Waals surface area contributed by atoms with Crippen molar-refractivity contribution in [1.82, 2.24) is 4.98 Å². The molecule has 5 heteroatoms. The van der Waals surface area contributed by atoms with Crippen molar-refractivity contribution in [3.05, 3.63) is 53.3 Å². The predicted octanol–water partition coefficient (Wildman–Crippen LogP) is 3.30. The third-order valence-corrected chi connectivity index (χ3v) is 3.20. The molecule has 0 bridgehead atoms. The number of nitrogens with zero attached hydrogens (tertiary/aromatic N) is 1. The number of anilines is 2. The van der Waals surface area contributed by atoms with Gasteiger partial charge in [0.15, 0.2) is 0 Å². The third-order valence-electron chi connectivity index (χ3n) is 3.20. The number of nitrogens with one attached hydrogen (secondary N) is 2. The van der Waals surface area contributed by atoms with Crippen molar-refractivity contribution in [2.45, 2.75) is 27.2 Å². The summed E-state index contributed by atoms with van der Waals surface area (Å²) < 4.78 is 0. The largest absolute Gasteiger partial charge is 0.326 e. The van der Waals surface area contributed by atoms with E-state index in [2.05, 4.69) is 15.6 Å². The summed E-state index contributed by atoms with van der Waals surface area (Å²) in [5.74, 6) is -0.294. The monoisotopic (exact) mass is 297 g/mol. The zero-order valence-electron chi connectivity index (χ0n) is 12.9. The molecule has 2 rings (SSSR count). The molecule has 0 radical (unpaired) electrons. The van der Waals surface area contributed by atoms with Crippen LogP contribution in [0.15, 0.2) is 36.4 Å². The van der Waals surface area contributed by atoms with E-state index in [-0.39, 0.29) is 11.8 Å². The van der Waals surface area contributed by atoms with E-state index in [1.54, 1.807) is 31.2 Å². The Morgan fingerprint density at radius 1 is 1.09 bits per heavy atom. The molecule has 0 saturated heterocycles. The van der Waals surface area contributed by atoms with Gasteiger partial charge < -0.3 is 10.6 Å². The molecule has 1 aromatic carbocycles. The van der Waals surface area contributed by atoms with Gasteiger partial charge in [-0.25, -0.2) is 4.98 Å². The lowest BCUT2D eigenvalue weighted by Crippen LogP contribution is -2.15. The van der Waals surface area contributed by atoms with Crippen LogP contribution in [0, 0.1) is 13.8 Å². The molecule has 2 amide bonds. The van der Waals surface area contributed by atoms with Crippen molar-refractivity contribution in [1.29, 1.82) is 0 Å². The number of carbonyl (C=O) groups is 2. The molecule has 5 nitrogen and oxygen atoms in total. The minimum Gasteiger partial charge on any atom is -0.326 e. The fraction of sp³-hybridized carbons (Fsp3) is 0.235. The molecule has 2 aromatic rings. The molecule has 1 aromatic heterocycles. The van der Waals surface area contributed by atoms with Gasteiger partial charge in [0.05, 0.1) is 0 Å². The van der Waals surface area contributed by atoms with E-state index in [1.807, 2.05) is 26.0 Å². The van der Waals surface area contributed by atoms with Crippen LogP contribution in [-0.2, 0) is 4.79 Å². The van der Waals surface area contributed by atoms with Crippen LogP contribution >= 0.6 is 0 Å². The first-order valence-corrected chi connectivity index (χ1v) is 7.15. The maximum atomic E-state index is 12.2. The van der Waals surface area contributed by atoms with Crippen LogP contribution in [0.1, 0.15) is 35.1 Å². The molecule has 0 saturated carbocycles. The topological polar surface area (TPSA) is 71.1 Å². The fourth-order valence-electron chi connectivity index (χ4n) is 1.99. The highest BCUT2D eigenvalue weighted by Crippen LogP contribution is 2.20. The Balaban J connectivity index is 2.13. The summed E-state index contributed by atoms with van der Waals surface area (Å²) in [5, 5.41) is 5.62. The zero-order chi connectivity index (χ0) is 16.1. The molecule has 114 valence electrons. The van der Waals surface area contributed by atoms with Crippen LogP contribution in [0.25, 0.3) is 0 Å². The summed E-state index contributed by atoms with van der Waals surface area (Å²) in [4.78, 5) is 27.8. The van der Waals surface area contributed by atoms with E-state index < -0.39 is 0 Å². The van der Waals surface area contributed by atoms with Gasteiger partial charge in [0.2, 0.25) is 5.91 Å². The number of amides is 2. The average Bonchev–Trinajstić information content (AvgIpc) is 2.49. The van der Waals surface area contributed by atoms with Gasteiger partial charge in [-0.1, -0.05) is 13.0 Å². The van der Waals surface area contributed by atoms with Gasteiger partial charge in [-0.3, -0.25) is 9.59 Å². The van der Waals surface area contributed by atoms with E-state index >= 15 is 0 Å². The zero-order valence-corrected chi connectivity index (χ0v) is 12.9. The van der Waals surface area contributed by atoms with Crippen LogP contribution in [0.5, 0.6) is 0 Å². The molecule has 1 heterocycles. The number of hydrogen-bond acceptors (Lipinski definition) is 3. The summed E-state index contributed by atoms with van der Waals surface area (Å²) in [7, 11) is 0. The van der Waals surface area contributed by atoms with E-state index in [4.69, 9.17) is 0 Å². The number of hydrogen-bond donors (Lipinski definition) is 2. The molecule has 22 heavy (non-hydrogen) atoms. The molecular formula is C17H19N3O2. The molecule has 0 spiro atoms. The number of benzene rings is 1. The Bertz CT molecular complexity index is 711. The first-order chi connectivity index (χ1) is 10.5. The molecule has 0 aliphatic heterocycles. The van der Waals surface area contributed by atoms with Crippen LogP contribution in [0.2, 0.25) is 0 Å². The smallest absolute Gasteiger partial charge is 0.274 e. The number of pyridine rings is 1. The summed E-state index contributed by atoms with van der Waals surface area (Å²) >= 11 is 0. The van der Waals surface area contributed by atoms with Crippen LogP contribution in [0.3, 0.4) is 0 Å². The fourth-order valence-corrected chi connectivity index (χ4v) is 1.99. The lowest BCUT2D eigenvalue weighted by molar-refractivity contribution is -0.115. The summed E-state index contributed by atoms with van der Waals surface area (Å²) in [5.41, 5.74) is 3.46. The van der Waals surface area contributed by atoms with Gasteiger partial charge in [0.25, 0.3) is 5.91 Å². The second-order valence-electron chi connectivity index (χ2n) is 5.05. The summed E-state index contributed by atoms with van der Waals surface area (Å²) in [6.07, 6.45) is 0.427. The standard InChI is InChI=1S/C17H19N3O2/c1-4-16(21)19-13-8-9-14(11(2)10-13)20-17(22)15-7-5-6-12(3)18-15/h5-10H,4H2,1-3H3,(H,19,21)(H,20,22). The third kappa shape index (κ3) is 3.91.